The molecule has 1 aliphatic heterocycles. The zero-order valence-electron chi connectivity index (χ0n) is 18.8. The number of aromatic nitrogens is 1. The molecule has 1 saturated carbocycles. The van der Waals surface area contributed by atoms with E-state index in [1.54, 1.807) is 0 Å². The molecule has 4 nitrogen and oxygen atoms in total. The summed E-state index contributed by atoms with van der Waals surface area (Å²) in [5.74, 6) is 0.481. The number of halogens is 1. The highest BCUT2D eigenvalue weighted by Gasteiger charge is 2.29. The second kappa shape index (κ2) is 10.1. The summed E-state index contributed by atoms with van der Waals surface area (Å²) < 4.78 is 0. The Bertz CT molecular complexity index is 901. The fourth-order valence-electron chi connectivity index (χ4n) is 5.13. The second-order valence-corrected chi connectivity index (χ2v) is 9.64. The van der Waals surface area contributed by atoms with E-state index < -0.39 is 0 Å². The maximum absolute atomic E-state index is 13.4. The van der Waals surface area contributed by atoms with Crippen LogP contribution in [0.4, 0.5) is 0 Å². The smallest absolute Gasteiger partial charge is 0.255 e. The van der Waals surface area contributed by atoms with Gasteiger partial charge in [0.2, 0.25) is 0 Å². The van der Waals surface area contributed by atoms with E-state index >= 15 is 0 Å². The lowest BCUT2D eigenvalue weighted by Gasteiger charge is -2.34. The molecule has 0 spiro atoms. The Morgan fingerprint density at radius 2 is 1.77 bits per heavy atom. The van der Waals surface area contributed by atoms with Crippen LogP contribution < -0.4 is 0 Å². The van der Waals surface area contributed by atoms with Crippen LogP contribution >= 0.6 is 11.6 Å². The first-order chi connectivity index (χ1) is 15.0. The van der Waals surface area contributed by atoms with Crippen molar-refractivity contribution in [2.45, 2.75) is 70.4 Å². The Balaban J connectivity index is 1.45. The summed E-state index contributed by atoms with van der Waals surface area (Å²) in [4.78, 5) is 22.8. The molecule has 2 fully saturated rings. The van der Waals surface area contributed by atoms with Gasteiger partial charge in [-0.15, -0.1) is 0 Å². The van der Waals surface area contributed by atoms with Crippen LogP contribution in [-0.4, -0.2) is 46.9 Å². The van der Waals surface area contributed by atoms with E-state index in [-0.39, 0.29) is 5.91 Å². The van der Waals surface area contributed by atoms with E-state index in [1.165, 1.54) is 24.8 Å². The minimum atomic E-state index is 0.146. The van der Waals surface area contributed by atoms with Crippen molar-refractivity contribution >= 4 is 17.5 Å². The highest BCUT2D eigenvalue weighted by molar-refractivity contribution is 6.31. The summed E-state index contributed by atoms with van der Waals surface area (Å²) in [6.45, 7) is 4.90. The first-order valence-corrected chi connectivity index (χ1v) is 12.1. The van der Waals surface area contributed by atoms with E-state index in [2.05, 4.69) is 11.0 Å². The number of hydrogen-bond acceptors (Lipinski definition) is 3. The maximum atomic E-state index is 13.4. The molecule has 2 aliphatic rings. The predicted octanol–water partition coefficient (Wildman–Crippen LogP) is 5.83. The number of hydrogen-bond donors (Lipinski definition) is 0. The van der Waals surface area contributed by atoms with Gasteiger partial charge in [0.15, 0.2) is 0 Å². The van der Waals surface area contributed by atoms with Crippen molar-refractivity contribution in [3.05, 3.63) is 63.9 Å². The molecule has 0 atom stereocenters. The summed E-state index contributed by atoms with van der Waals surface area (Å²) in [6.07, 6.45) is 8.04. The lowest BCUT2D eigenvalue weighted by atomic mass is 9.89. The van der Waals surface area contributed by atoms with E-state index in [0.29, 0.717) is 12.0 Å². The minimum Gasteiger partial charge on any atom is -0.339 e. The average molecular weight is 440 g/mol. The van der Waals surface area contributed by atoms with Gasteiger partial charge >= 0.3 is 0 Å². The topological polar surface area (TPSA) is 36.4 Å². The van der Waals surface area contributed by atoms with Crippen LogP contribution in [0, 0.1) is 6.92 Å². The van der Waals surface area contributed by atoms with Crippen molar-refractivity contribution in [1.82, 2.24) is 14.8 Å². The Labute approximate surface area is 191 Å². The molecule has 31 heavy (non-hydrogen) atoms. The van der Waals surface area contributed by atoms with Crippen LogP contribution in [-0.2, 0) is 6.54 Å². The number of pyridine rings is 1. The molecule has 1 aromatic carbocycles. The van der Waals surface area contributed by atoms with Gasteiger partial charge in [-0.25, -0.2) is 0 Å². The van der Waals surface area contributed by atoms with Crippen LogP contribution in [0.25, 0.3) is 0 Å². The van der Waals surface area contributed by atoms with Crippen LogP contribution in [0.3, 0.4) is 0 Å². The molecule has 0 radical (unpaired) electrons. The first-order valence-electron chi connectivity index (χ1n) is 11.7. The summed E-state index contributed by atoms with van der Waals surface area (Å²) in [5, 5.41) is 0.837. The largest absolute Gasteiger partial charge is 0.339 e. The van der Waals surface area contributed by atoms with Gasteiger partial charge in [-0.1, -0.05) is 49.1 Å². The van der Waals surface area contributed by atoms with Gasteiger partial charge in [0.1, 0.15) is 0 Å². The van der Waals surface area contributed by atoms with Crippen LogP contribution in [0.2, 0.25) is 5.02 Å². The molecule has 4 rings (SSSR count). The molecule has 0 unspecified atom stereocenters. The summed E-state index contributed by atoms with van der Waals surface area (Å²) >= 11 is 6.36. The van der Waals surface area contributed by atoms with E-state index in [1.807, 2.05) is 49.2 Å². The van der Waals surface area contributed by atoms with Crippen molar-refractivity contribution in [2.24, 2.45) is 0 Å². The van der Waals surface area contributed by atoms with Gasteiger partial charge in [0.25, 0.3) is 5.91 Å². The first kappa shape index (κ1) is 22.3. The Kier molecular flexibility index (Phi) is 7.29. The number of carbonyl (C=O) groups excluding carboxylic acids is 1. The van der Waals surface area contributed by atoms with Gasteiger partial charge in [0.05, 0.1) is 11.3 Å². The van der Waals surface area contributed by atoms with E-state index in [9.17, 15) is 4.79 Å². The Hall–Kier alpha value is -1.91. The monoisotopic (exact) mass is 439 g/mol. The molecule has 166 valence electrons. The number of rotatable bonds is 5. The standard InChI is InChI=1S/C26H34ClN3O/c1-19-12-13-23(26(31)29(2)22-9-4-3-5-10-22)25(28-19)20-14-16-30(17-15-20)18-21-8-6-7-11-24(21)27/h6-8,11-13,20,22H,3-5,9-10,14-18H2,1-2H3. The third kappa shape index (κ3) is 5.30. The SMILES string of the molecule is Cc1ccc(C(=O)N(C)C2CCCCC2)c(C2CCN(Cc3ccccc3Cl)CC2)n1. The molecule has 2 heterocycles. The maximum Gasteiger partial charge on any atom is 0.255 e. The zero-order chi connectivity index (χ0) is 21.8. The van der Waals surface area contributed by atoms with Gasteiger partial charge in [-0.05, 0) is 69.5 Å². The van der Waals surface area contributed by atoms with Gasteiger partial charge in [-0.2, -0.15) is 0 Å². The summed E-state index contributed by atoms with van der Waals surface area (Å²) in [5.41, 5.74) is 3.99. The highest BCUT2D eigenvalue weighted by atomic mass is 35.5. The number of benzene rings is 1. The normalized spacial score (nSPS) is 18.8. The van der Waals surface area contributed by atoms with Gasteiger partial charge in [-0.3, -0.25) is 14.7 Å². The Morgan fingerprint density at radius 3 is 2.48 bits per heavy atom. The summed E-state index contributed by atoms with van der Waals surface area (Å²) in [6, 6.07) is 12.5. The summed E-state index contributed by atoms with van der Waals surface area (Å²) in [7, 11) is 1.98. The van der Waals surface area contributed by atoms with Gasteiger partial charge in [0, 0.05) is 36.3 Å². The number of aryl methyl sites for hydroxylation is 1. The van der Waals surface area contributed by atoms with Crippen molar-refractivity contribution in [3.63, 3.8) is 0 Å². The molecule has 1 aliphatic carbocycles. The number of carbonyl (C=O) groups is 1. The van der Waals surface area contributed by atoms with E-state index in [0.717, 1.165) is 67.3 Å². The molecule has 1 aromatic heterocycles. The molecular weight excluding hydrogens is 406 g/mol. The van der Waals surface area contributed by atoms with Crippen molar-refractivity contribution in [1.29, 1.82) is 0 Å². The number of nitrogens with zero attached hydrogens (tertiary/aromatic N) is 3. The molecule has 2 aromatic rings. The lowest BCUT2D eigenvalue weighted by molar-refractivity contribution is 0.0693. The van der Waals surface area contributed by atoms with Crippen LogP contribution in [0.5, 0.6) is 0 Å². The fourth-order valence-corrected chi connectivity index (χ4v) is 5.32. The van der Waals surface area contributed by atoms with Gasteiger partial charge < -0.3 is 4.90 Å². The predicted molar refractivity (Wildman–Crippen MR) is 127 cm³/mol. The van der Waals surface area contributed by atoms with Crippen LogP contribution in [0.1, 0.15) is 78.2 Å². The minimum absolute atomic E-state index is 0.146. The second-order valence-electron chi connectivity index (χ2n) is 9.24. The lowest BCUT2D eigenvalue weighted by Crippen LogP contribution is -2.39. The fraction of sp³-hybridized carbons (Fsp3) is 0.538. The third-order valence-electron chi connectivity index (χ3n) is 7.06. The molecular formula is C26H34ClN3O. The van der Waals surface area contributed by atoms with Crippen LogP contribution in [0.15, 0.2) is 36.4 Å². The van der Waals surface area contributed by atoms with Crippen molar-refractivity contribution in [2.75, 3.05) is 20.1 Å². The van der Waals surface area contributed by atoms with Crippen molar-refractivity contribution in [3.8, 4) is 0 Å². The number of piperidine rings is 1. The zero-order valence-corrected chi connectivity index (χ0v) is 19.6. The highest BCUT2D eigenvalue weighted by Crippen LogP contribution is 2.32. The molecule has 0 bridgehead atoms. The number of amides is 1. The van der Waals surface area contributed by atoms with E-state index in [4.69, 9.17) is 16.6 Å². The molecule has 1 saturated heterocycles. The quantitative estimate of drug-likeness (QED) is 0.588. The average Bonchev–Trinajstić information content (AvgIpc) is 2.81. The third-order valence-corrected chi connectivity index (χ3v) is 7.43. The number of likely N-dealkylation sites (tertiary alicyclic amines) is 1. The molecule has 5 heteroatoms. The molecule has 0 N–H and O–H groups in total. The van der Waals surface area contributed by atoms with Crippen molar-refractivity contribution < 1.29 is 4.79 Å². The Morgan fingerprint density at radius 1 is 1.06 bits per heavy atom. The molecule has 1 amide bonds.